The quantitative estimate of drug-likeness (QED) is 0.934. The van der Waals surface area contributed by atoms with E-state index in [4.69, 9.17) is 0 Å². The van der Waals surface area contributed by atoms with Gasteiger partial charge >= 0.3 is 0 Å². The first-order chi connectivity index (χ1) is 10.5. The van der Waals surface area contributed by atoms with E-state index in [9.17, 15) is 4.79 Å². The van der Waals surface area contributed by atoms with Crippen molar-refractivity contribution in [3.63, 3.8) is 0 Å². The number of rotatable bonds is 4. The molecule has 0 saturated carbocycles. The number of fused-ring (bicyclic) bond motifs is 1. The van der Waals surface area contributed by atoms with Gasteiger partial charge in [-0.3, -0.25) is 9.48 Å². The predicted octanol–water partition coefficient (Wildman–Crippen LogP) is 3.10. The third-order valence-corrected chi connectivity index (χ3v) is 6.09. The van der Waals surface area contributed by atoms with Gasteiger partial charge in [0, 0.05) is 16.6 Å². The molecule has 0 saturated heterocycles. The number of hydrogen-bond donors (Lipinski definition) is 1. The molecule has 0 spiro atoms. The minimum Gasteiger partial charge on any atom is -0.351 e. The Morgan fingerprint density at radius 3 is 3.09 bits per heavy atom. The lowest BCUT2D eigenvalue weighted by Crippen LogP contribution is -2.39. The minimum absolute atomic E-state index is 0.0575. The van der Waals surface area contributed by atoms with Gasteiger partial charge in [0.1, 0.15) is 5.25 Å². The van der Waals surface area contributed by atoms with E-state index in [1.807, 2.05) is 25.5 Å². The predicted molar refractivity (Wildman–Crippen MR) is 92.5 cm³/mol. The van der Waals surface area contributed by atoms with Gasteiger partial charge in [0.2, 0.25) is 5.91 Å². The van der Waals surface area contributed by atoms with Crippen LogP contribution in [0.5, 0.6) is 0 Å². The second-order valence-electron chi connectivity index (χ2n) is 5.82. The molecule has 0 aromatic carbocycles. The Bertz CT molecular complexity index is 677. The van der Waals surface area contributed by atoms with Crippen LogP contribution in [-0.4, -0.2) is 27.5 Å². The van der Waals surface area contributed by atoms with Gasteiger partial charge in [-0.05, 0) is 56.0 Å². The summed E-state index contributed by atoms with van der Waals surface area (Å²) in [5.74, 6) is 1.15. The molecule has 2 aromatic rings. The molecular weight excluding hydrogens is 314 g/mol. The lowest BCUT2D eigenvalue weighted by molar-refractivity contribution is -0.121. The van der Waals surface area contributed by atoms with Crippen LogP contribution in [0.2, 0.25) is 0 Å². The molecule has 3 rings (SSSR count). The summed E-state index contributed by atoms with van der Waals surface area (Å²) in [5, 5.41) is 9.64. The molecule has 2 atom stereocenters. The van der Waals surface area contributed by atoms with Crippen molar-refractivity contribution in [2.45, 2.75) is 45.0 Å². The maximum Gasteiger partial charge on any atom is 0.237 e. The normalized spacial score (nSPS) is 18.8. The molecular formula is C16H21N3OS2. The molecule has 0 fully saturated rings. The molecule has 1 amide bonds. The van der Waals surface area contributed by atoms with Crippen LogP contribution in [-0.2, 0) is 17.8 Å². The Balaban J connectivity index is 1.64. The first-order valence-corrected chi connectivity index (χ1v) is 9.46. The molecule has 0 aliphatic carbocycles. The van der Waals surface area contributed by atoms with Gasteiger partial charge in [0.05, 0.1) is 12.2 Å². The van der Waals surface area contributed by atoms with Crippen molar-refractivity contribution in [2.24, 2.45) is 0 Å². The van der Waals surface area contributed by atoms with Crippen molar-refractivity contribution in [2.75, 3.05) is 5.75 Å². The number of nitrogens with one attached hydrogen (secondary N) is 1. The fourth-order valence-electron chi connectivity index (χ4n) is 2.85. The van der Waals surface area contributed by atoms with Crippen LogP contribution >= 0.6 is 23.1 Å². The standard InChI is InChI=1S/C16H21N3OS2/c1-10-8-12(3)19(18-10)9-11(2)17-16(20)15-13-4-6-21-14(13)5-7-22-15/h4,6,8,11,15H,5,7,9H2,1-3H3,(H,17,20)/t11-,15+/m1/s1. The van der Waals surface area contributed by atoms with E-state index in [0.29, 0.717) is 6.54 Å². The maximum atomic E-state index is 12.6. The Labute approximate surface area is 139 Å². The first-order valence-electron chi connectivity index (χ1n) is 7.54. The van der Waals surface area contributed by atoms with E-state index in [1.54, 1.807) is 23.1 Å². The third-order valence-electron chi connectivity index (χ3n) is 3.85. The highest BCUT2D eigenvalue weighted by molar-refractivity contribution is 8.00. The molecule has 3 heterocycles. The average Bonchev–Trinajstić information content (AvgIpc) is 3.05. The number of carbonyl (C=O) groups is 1. The van der Waals surface area contributed by atoms with Crippen molar-refractivity contribution in [1.82, 2.24) is 15.1 Å². The van der Waals surface area contributed by atoms with Gasteiger partial charge in [0.15, 0.2) is 0 Å². The van der Waals surface area contributed by atoms with Crippen molar-refractivity contribution < 1.29 is 4.79 Å². The molecule has 0 bridgehead atoms. The van der Waals surface area contributed by atoms with Crippen LogP contribution in [0.3, 0.4) is 0 Å². The zero-order valence-corrected chi connectivity index (χ0v) is 14.8. The summed E-state index contributed by atoms with van der Waals surface area (Å²) in [5.41, 5.74) is 3.35. The summed E-state index contributed by atoms with van der Waals surface area (Å²) in [7, 11) is 0. The van der Waals surface area contributed by atoms with E-state index < -0.39 is 0 Å². The number of thioether (sulfide) groups is 1. The monoisotopic (exact) mass is 335 g/mol. The molecule has 0 unspecified atom stereocenters. The van der Waals surface area contributed by atoms with E-state index in [-0.39, 0.29) is 17.2 Å². The molecule has 1 aliphatic heterocycles. The second kappa shape index (κ2) is 6.46. The fraction of sp³-hybridized carbons (Fsp3) is 0.500. The van der Waals surface area contributed by atoms with Gasteiger partial charge in [-0.2, -0.15) is 5.10 Å². The third kappa shape index (κ3) is 3.22. The molecule has 1 N–H and O–H groups in total. The first kappa shape index (κ1) is 15.6. The summed E-state index contributed by atoms with van der Waals surface area (Å²) >= 11 is 3.51. The van der Waals surface area contributed by atoms with E-state index >= 15 is 0 Å². The molecule has 2 aromatic heterocycles. The van der Waals surface area contributed by atoms with Crippen LogP contribution in [0.15, 0.2) is 17.5 Å². The zero-order valence-electron chi connectivity index (χ0n) is 13.1. The number of thiophene rings is 1. The van der Waals surface area contributed by atoms with Crippen LogP contribution in [0.1, 0.15) is 34.0 Å². The van der Waals surface area contributed by atoms with Gasteiger partial charge in [0.25, 0.3) is 0 Å². The molecule has 4 nitrogen and oxygen atoms in total. The summed E-state index contributed by atoms with van der Waals surface area (Å²) in [6, 6.07) is 4.22. The van der Waals surface area contributed by atoms with Crippen LogP contribution in [0, 0.1) is 13.8 Å². The van der Waals surface area contributed by atoms with E-state index in [1.165, 1.54) is 10.4 Å². The van der Waals surface area contributed by atoms with Gasteiger partial charge in [-0.1, -0.05) is 0 Å². The lowest BCUT2D eigenvalue weighted by atomic mass is 10.1. The number of hydrogen-bond acceptors (Lipinski definition) is 4. The molecule has 6 heteroatoms. The van der Waals surface area contributed by atoms with Crippen molar-refractivity contribution >= 4 is 29.0 Å². The van der Waals surface area contributed by atoms with Crippen molar-refractivity contribution in [1.29, 1.82) is 0 Å². The largest absolute Gasteiger partial charge is 0.351 e. The number of aromatic nitrogens is 2. The second-order valence-corrected chi connectivity index (χ2v) is 8.03. The SMILES string of the molecule is Cc1cc(C)n(C[C@@H](C)NC(=O)[C@H]2SCCc3sccc32)n1. The minimum atomic E-state index is -0.0575. The van der Waals surface area contributed by atoms with Gasteiger partial charge in [-0.15, -0.1) is 23.1 Å². The van der Waals surface area contributed by atoms with E-state index in [0.717, 1.165) is 23.6 Å². The number of nitrogens with zero attached hydrogens (tertiary/aromatic N) is 2. The maximum absolute atomic E-state index is 12.6. The average molecular weight is 335 g/mol. The van der Waals surface area contributed by atoms with Crippen LogP contribution in [0.4, 0.5) is 0 Å². The topological polar surface area (TPSA) is 46.9 Å². The van der Waals surface area contributed by atoms with Crippen molar-refractivity contribution in [3.05, 3.63) is 39.3 Å². The van der Waals surface area contributed by atoms with Crippen LogP contribution < -0.4 is 5.32 Å². The zero-order chi connectivity index (χ0) is 15.7. The lowest BCUT2D eigenvalue weighted by Gasteiger charge is -2.23. The fourth-order valence-corrected chi connectivity index (χ4v) is 5.15. The Morgan fingerprint density at radius 1 is 1.55 bits per heavy atom. The summed E-state index contributed by atoms with van der Waals surface area (Å²) in [4.78, 5) is 14.0. The Hall–Kier alpha value is -1.27. The van der Waals surface area contributed by atoms with Crippen LogP contribution in [0.25, 0.3) is 0 Å². The molecule has 0 radical (unpaired) electrons. The molecule has 1 aliphatic rings. The van der Waals surface area contributed by atoms with Gasteiger partial charge < -0.3 is 5.32 Å². The molecule has 22 heavy (non-hydrogen) atoms. The number of carbonyl (C=O) groups excluding carboxylic acids is 1. The Kier molecular flexibility index (Phi) is 4.59. The summed E-state index contributed by atoms with van der Waals surface area (Å²) in [6.07, 6.45) is 1.09. The summed E-state index contributed by atoms with van der Waals surface area (Å²) in [6.45, 7) is 6.78. The number of aryl methyl sites for hydroxylation is 3. The van der Waals surface area contributed by atoms with Gasteiger partial charge in [-0.25, -0.2) is 0 Å². The smallest absolute Gasteiger partial charge is 0.237 e. The highest BCUT2D eigenvalue weighted by Crippen LogP contribution is 2.39. The summed E-state index contributed by atoms with van der Waals surface area (Å²) < 4.78 is 1.96. The molecule has 118 valence electrons. The number of amides is 1. The van der Waals surface area contributed by atoms with Crippen molar-refractivity contribution in [3.8, 4) is 0 Å². The highest BCUT2D eigenvalue weighted by atomic mass is 32.2. The highest BCUT2D eigenvalue weighted by Gasteiger charge is 2.28. The van der Waals surface area contributed by atoms with E-state index in [2.05, 4.69) is 27.9 Å². The Morgan fingerprint density at radius 2 is 2.36 bits per heavy atom.